The number of hydrogen-bond acceptors (Lipinski definition) is 5. The van der Waals surface area contributed by atoms with Gasteiger partial charge in [-0.15, -0.1) is 5.10 Å². The Morgan fingerprint density at radius 1 is 1.38 bits per heavy atom. The Morgan fingerprint density at radius 2 is 2.25 bits per heavy atom. The van der Waals surface area contributed by atoms with Crippen LogP contribution in [0.15, 0.2) is 18.3 Å². The standard InChI is InChI=1S/C16H18F2N4O2/c1-23-14-3-2-12(17)16(18)11(14)7-21-5-4-15-13(8-21)22-10(9-24-15)6-19-20-22/h2-3,6,13,15H,4-5,7-9H2,1H3/t13-,15+/m0/s1. The first kappa shape index (κ1) is 15.5. The zero-order chi connectivity index (χ0) is 16.7. The fourth-order valence-corrected chi connectivity index (χ4v) is 3.53. The van der Waals surface area contributed by atoms with E-state index in [-0.39, 0.29) is 24.3 Å². The molecule has 0 N–H and O–H groups in total. The van der Waals surface area contributed by atoms with Crippen LogP contribution in [0.2, 0.25) is 0 Å². The van der Waals surface area contributed by atoms with Crippen LogP contribution in [0.25, 0.3) is 0 Å². The second-order valence-electron chi connectivity index (χ2n) is 6.15. The monoisotopic (exact) mass is 336 g/mol. The van der Waals surface area contributed by atoms with E-state index in [9.17, 15) is 8.78 Å². The lowest BCUT2D eigenvalue weighted by molar-refractivity contribution is -0.0671. The highest BCUT2D eigenvalue weighted by atomic mass is 19.2. The van der Waals surface area contributed by atoms with Crippen LogP contribution in [-0.2, 0) is 17.9 Å². The van der Waals surface area contributed by atoms with E-state index in [2.05, 4.69) is 15.2 Å². The van der Waals surface area contributed by atoms with Crippen molar-refractivity contribution < 1.29 is 18.3 Å². The predicted molar refractivity (Wildman–Crippen MR) is 80.4 cm³/mol. The number of halogens is 2. The molecule has 128 valence electrons. The molecular formula is C16H18F2N4O2. The first-order valence-electron chi connectivity index (χ1n) is 7.91. The van der Waals surface area contributed by atoms with E-state index in [1.54, 1.807) is 6.20 Å². The van der Waals surface area contributed by atoms with Crippen LogP contribution in [0.4, 0.5) is 8.78 Å². The molecule has 6 nitrogen and oxygen atoms in total. The summed E-state index contributed by atoms with van der Waals surface area (Å²) in [4.78, 5) is 2.07. The Morgan fingerprint density at radius 3 is 3.08 bits per heavy atom. The molecule has 4 rings (SSSR count). The predicted octanol–water partition coefficient (Wildman–Crippen LogP) is 1.91. The molecule has 0 saturated carbocycles. The SMILES string of the molecule is COc1ccc(F)c(F)c1CN1CC[C@H]2OCc3cnnn3[C@H]2C1. The average molecular weight is 336 g/mol. The molecule has 2 aliphatic heterocycles. The van der Waals surface area contributed by atoms with Gasteiger partial charge in [-0.1, -0.05) is 5.21 Å². The van der Waals surface area contributed by atoms with Crippen LogP contribution in [0, 0.1) is 11.6 Å². The third-order valence-electron chi connectivity index (χ3n) is 4.77. The third-order valence-corrected chi connectivity index (χ3v) is 4.77. The molecule has 24 heavy (non-hydrogen) atoms. The summed E-state index contributed by atoms with van der Waals surface area (Å²) in [6.45, 7) is 2.17. The van der Waals surface area contributed by atoms with Crippen molar-refractivity contribution in [2.24, 2.45) is 0 Å². The van der Waals surface area contributed by atoms with Crippen LogP contribution in [0.3, 0.4) is 0 Å². The molecule has 0 bridgehead atoms. The highest BCUT2D eigenvalue weighted by Crippen LogP contribution is 2.32. The maximum Gasteiger partial charge on any atom is 0.167 e. The van der Waals surface area contributed by atoms with Crippen molar-refractivity contribution >= 4 is 0 Å². The molecule has 0 unspecified atom stereocenters. The topological polar surface area (TPSA) is 52.4 Å². The number of hydrogen-bond donors (Lipinski definition) is 0. The number of likely N-dealkylation sites (tertiary alicyclic amines) is 1. The van der Waals surface area contributed by atoms with Crippen molar-refractivity contribution in [3.8, 4) is 5.75 Å². The minimum absolute atomic E-state index is 0.0348. The summed E-state index contributed by atoms with van der Waals surface area (Å²) in [6, 6.07) is 2.58. The molecular weight excluding hydrogens is 318 g/mol. The number of methoxy groups -OCH3 is 1. The first-order valence-corrected chi connectivity index (χ1v) is 7.91. The molecule has 8 heteroatoms. The van der Waals surface area contributed by atoms with Gasteiger partial charge in [0, 0.05) is 25.2 Å². The lowest BCUT2D eigenvalue weighted by Crippen LogP contribution is -2.47. The molecule has 0 spiro atoms. The highest BCUT2D eigenvalue weighted by molar-refractivity contribution is 5.35. The van der Waals surface area contributed by atoms with Gasteiger partial charge in [-0.2, -0.15) is 0 Å². The molecule has 1 aromatic heterocycles. The highest BCUT2D eigenvalue weighted by Gasteiger charge is 2.36. The first-order chi connectivity index (χ1) is 11.7. The quantitative estimate of drug-likeness (QED) is 0.857. The minimum Gasteiger partial charge on any atom is -0.496 e. The normalized spacial score (nSPS) is 23.6. The van der Waals surface area contributed by atoms with Crippen molar-refractivity contribution in [3.63, 3.8) is 0 Å². The lowest BCUT2D eigenvalue weighted by atomic mass is 9.99. The van der Waals surface area contributed by atoms with Gasteiger partial charge in [-0.3, -0.25) is 4.90 Å². The maximum absolute atomic E-state index is 14.2. The molecule has 0 amide bonds. The van der Waals surface area contributed by atoms with E-state index >= 15 is 0 Å². The van der Waals surface area contributed by atoms with Gasteiger partial charge in [0.25, 0.3) is 0 Å². The minimum atomic E-state index is -0.861. The van der Waals surface area contributed by atoms with Gasteiger partial charge in [0.05, 0.1) is 37.8 Å². The zero-order valence-electron chi connectivity index (χ0n) is 13.3. The van der Waals surface area contributed by atoms with Crippen LogP contribution in [0.5, 0.6) is 5.75 Å². The van der Waals surface area contributed by atoms with Crippen molar-refractivity contribution in [2.45, 2.75) is 31.7 Å². The summed E-state index contributed by atoms with van der Waals surface area (Å²) in [5.41, 5.74) is 1.18. The van der Waals surface area contributed by atoms with Gasteiger partial charge >= 0.3 is 0 Å². The van der Waals surface area contributed by atoms with E-state index < -0.39 is 11.6 Å². The zero-order valence-corrected chi connectivity index (χ0v) is 13.3. The van der Waals surface area contributed by atoms with Crippen molar-refractivity contribution in [1.82, 2.24) is 19.9 Å². The Balaban J connectivity index is 1.57. The molecule has 2 aromatic rings. The molecule has 0 radical (unpaired) electrons. The van der Waals surface area contributed by atoms with Gasteiger partial charge in [-0.05, 0) is 18.6 Å². The van der Waals surface area contributed by atoms with E-state index in [0.29, 0.717) is 18.9 Å². The van der Waals surface area contributed by atoms with Gasteiger partial charge in [0.2, 0.25) is 0 Å². The number of nitrogens with zero attached hydrogens (tertiary/aromatic N) is 4. The van der Waals surface area contributed by atoms with Crippen molar-refractivity contribution in [3.05, 3.63) is 41.2 Å². The second kappa shape index (κ2) is 6.10. The van der Waals surface area contributed by atoms with Crippen molar-refractivity contribution in [1.29, 1.82) is 0 Å². The third kappa shape index (κ3) is 2.55. The number of benzene rings is 1. The van der Waals surface area contributed by atoms with Crippen LogP contribution in [-0.4, -0.2) is 46.2 Å². The average Bonchev–Trinajstić information content (AvgIpc) is 3.08. The molecule has 0 aliphatic carbocycles. The summed E-state index contributed by atoms with van der Waals surface area (Å²) in [7, 11) is 1.46. The summed E-state index contributed by atoms with van der Waals surface area (Å²) in [5, 5.41) is 8.09. The Labute approximate surface area is 138 Å². The molecule has 2 atom stereocenters. The van der Waals surface area contributed by atoms with E-state index in [1.807, 2.05) is 4.68 Å². The number of rotatable bonds is 3. The molecule has 1 aromatic carbocycles. The smallest absolute Gasteiger partial charge is 0.167 e. The van der Waals surface area contributed by atoms with E-state index in [1.165, 1.54) is 13.2 Å². The summed E-state index contributed by atoms with van der Waals surface area (Å²) in [6.07, 6.45) is 2.59. The summed E-state index contributed by atoms with van der Waals surface area (Å²) < 4.78 is 40.7. The number of piperidine rings is 1. The fourth-order valence-electron chi connectivity index (χ4n) is 3.53. The van der Waals surface area contributed by atoms with Gasteiger partial charge in [0.1, 0.15) is 5.75 Å². The summed E-state index contributed by atoms with van der Waals surface area (Å²) in [5.74, 6) is -1.35. The van der Waals surface area contributed by atoms with Crippen LogP contribution in [0.1, 0.15) is 23.7 Å². The Kier molecular flexibility index (Phi) is 3.93. The lowest BCUT2D eigenvalue weighted by Gasteiger charge is -2.41. The van der Waals surface area contributed by atoms with E-state index in [4.69, 9.17) is 9.47 Å². The van der Waals surface area contributed by atoms with Crippen LogP contribution >= 0.6 is 0 Å². The molecule has 2 aliphatic rings. The Hall–Kier alpha value is -2.06. The Bertz CT molecular complexity index is 752. The molecule has 1 saturated heterocycles. The fraction of sp³-hybridized carbons (Fsp3) is 0.500. The number of aromatic nitrogens is 3. The number of fused-ring (bicyclic) bond motifs is 3. The van der Waals surface area contributed by atoms with E-state index in [0.717, 1.165) is 24.7 Å². The van der Waals surface area contributed by atoms with Crippen molar-refractivity contribution in [2.75, 3.05) is 20.2 Å². The second-order valence-corrected chi connectivity index (χ2v) is 6.15. The maximum atomic E-state index is 14.2. The molecule has 3 heterocycles. The van der Waals surface area contributed by atoms with Gasteiger partial charge < -0.3 is 9.47 Å². The van der Waals surface area contributed by atoms with Gasteiger partial charge in [-0.25, -0.2) is 13.5 Å². The largest absolute Gasteiger partial charge is 0.496 e. The van der Waals surface area contributed by atoms with Crippen LogP contribution < -0.4 is 4.74 Å². The molecule has 1 fully saturated rings. The number of ether oxygens (including phenoxy) is 2. The van der Waals surface area contributed by atoms with Gasteiger partial charge in [0.15, 0.2) is 11.6 Å². The summed E-state index contributed by atoms with van der Waals surface area (Å²) >= 11 is 0.